The lowest BCUT2D eigenvalue weighted by molar-refractivity contribution is 0.0493. The van der Waals surface area contributed by atoms with E-state index in [0.717, 1.165) is 19.6 Å². The second kappa shape index (κ2) is 6.26. The third-order valence-electron chi connectivity index (χ3n) is 3.42. The zero-order chi connectivity index (χ0) is 13.8. The van der Waals surface area contributed by atoms with Crippen LogP contribution in [-0.4, -0.2) is 48.6 Å². The van der Waals surface area contributed by atoms with Crippen molar-refractivity contribution in [1.29, 1.82) is 0 Å². The fourth-order valence-corrected chi connectivity index (χ4v) is 2.31. The van der Waals surface area contributed by atoms with Gasteiger partial charge in [0, 0.05) is 18.1 Å². The molecule has 0 spiro atoms. The molecule has 0 bridgehead atoms. The summed E-state index contributed by atoms with van der Waals surface area (Å²) in [7, 11) is 0. The molecule has 1 heterocycles. The standard InChI is InChI=1S/C14H19ClN2O2/c1-3-16(4-2)7-8-17-10-19-13-6-5-11(15)9-12(13)14(17)18/h5-6,9H,3-4,7-8,10H2,1-2H3. The molecule has 0 saturated carbocycles. The van der Waals surface area contributed by atoms with Gasteiger partial charge in [0.2, 0.25) is 0 Å². The average Bonchev–Trinajstić information content (AvgIpc) is 2.42. The Bertz CT molecular complexity index is 461. The molecule has 0 saturated heterocycles. The van der Waals surface area contributed by atoms with E-state index in [1.165, 1.54) is 0 Å². The molecule has 0 N–H and O–H groups in total. The molecule has 0 aliphatic carbocycles. The van der Waals surface area contributed by atoms with Crippen LogP contribution in [0.25, 0.3) is 0 Å². The molecule has 1 aliphatic heterocycles. The molecule has 0 atom stereocenters. The first-order valence-electron chi connectivity index (χ1n) is 6.59. The van der Waals surface area contributed by atoms with Gasteiger partial charge >= 0.3 is 0 Å². The van der Waals surface area contributed by atoms with Gasteiger partial charge in [-0.25, -0.2) is 0 Å². The highest BCUT2D eigenvalue weighted by atomic mass is 35.5. The minimum atomic E-state index is -0.00379. The van der Waals surface area contributed by atoms with Gasteiger partial charge in [0.05, 0.1) is 5.56 Å². The van der Waals surface area contributed by atoms with Gasteiger partial charge in [-0.05, 0) is 31.3 Å². The highest BCUT2D eigenvalue weighted by Gasteiger charge is 2.25. The van der Waals surface area contributed by atoms with E-state index >= 15 is 0 Å². The van der Waals surface area contributed by atoms with Crippen LogP contribution >= 0.6 is 11.6 Å². The van der Waals surface area contributed by atoms with Crippen LogP contribution in [0.15, 0.2) is 18.2 Å². The van der Waals surface area contributed by atoms with Gasteiger partial charge in [0.1, 0.15) is 5.75 Å². The van der Waals surface area contributed by atoms with Crippen LogP contribution in [0.4, 0.5) is 0 Å². The Morgan fingerprint density at radius 2 is 2.11 bits per heavy atom. The second-order valence-electron chi connectivity index (χ2n) is 4.51. The molecule has 19 heavy (non-hydrogen) atoms. The predicted octanol–water partition coefficient (Wildman–Crippen LogP) is 2.47. The number of amides is 1. The zero-order valence-electron chi connectivity index (χ0n) is 11.4. The van der Waals surface area contributed by atoms with E-state index in [2.05, 4.69) is 18.7 Å². The lowest BCUT2D eigenvalue weighted by Crippen LogP contribution is -2.43. The van der Waals surface area contributed by atoms with Crippen molar-refractivity contribution in [1.82, 2.24) is 9.80 Å². The largest absolute Gasteiger partial charge is 0.472 e. The van der Waals surface area contributed by atoms with Gasteiger partial charge in [-0.3, -0.25) is 4.79 Å². The molecule has 0 unspecified atom stereocenters. The molecule has 0 aromatic heterocycles. The summed E-state index contributed by atoms with van der Waals surface area (Å²) in [6, 6.07) is 5.15. The zero-order valence-corrected chi connectivity index (χ0v) is 12.1. The number of fused-ring (bicyclic) bond motifs is 1. The first kappa shape index (κ1) is 14.2. The summed E-state index contributed by atoms with van der Waals surface area (Å²) in [4.78, 5) is 16.3. The summed E-state index contributed by atoms with van der Waals surface area (Å²) in [5, 5.41) is 0.557. The molecule has 2 rings (SSSR count). The molecule has 0 fully saturated rings. The van der Waals surface area contributed by atoms with Crippen LogP contribution < -0.4 is 4.74 Å². The summed E-state index contributed by atoms with van der Waals surface area (Å²) in [5.41, 5.74) is 0.554. The molecule has 1 aromatic rings. The van der Waals surface area contributed by atoms with Crippen LogP contribution in [0.5, 0.6) is 5.75 Å². The predicted molar refractivity (Wildman–Crippen MR) is 75.8 cm³/mol. The van der Waals surface area contributed by atoms with Crippen molar-refractivity contribution < 1.29 is 9.53 Å². The first-order chi connectivity index (χ1) is 9.15. The monoisotopic (exact) mass is 282 g/mol. The highest BCUT2D eigenvalue weighted by molar-refractivity contribution is 6.31. The number of hydrogen-bond donors (Lipinski definition) is 0. The van der Waals surface area contributed by atoms with Crippen molar-refractivity contribution in [2.24, 2.45) is 0 Å². The number of ether oxygens (including phenoxy) is 1. The second-order valence-corrected chi connectivity index (χ2v) is 4.95. The summed E-state index contributed by atoms with van der Waals surface area (Å²) in [5.74, 6) is 0.615. The molecular formula is C14H19ClN2O2. The van der Waals surface area contributed by atoms with Gasteiger partial charge in [0.25, 0.3) is 5.91 Å². The van der Waals surface area contributed by atoms with Crippen molar-refractivity contribution in [2.45, 2.75) is 13.8 Å². The SMILES string of the molecule is CCN(CC)CCN1COc2ccc(Cl)cc2C1=O. The molecule has 4 nitrogen and oxygen atoms in total. The Labute approximate surface area is 118 Å². The lowest BCUT2D eigenvalue weighted by Gasteiger charge is -2.30. The number of carbonyl (C=O) groups is 1. The molecule has 1 aromatic carbocycles. The van der Waals surface area contributed by atoms with E-state index in [9.17, 15) is 4.79 Å². The van der Waals surface area contributed by atoms with Crippen LogP contribution in [-0.2, 0) is 0 Å². The maximum absolute atomic E-state index is 12.3. The van der Waals surface area contributed by atoms with E-state index in [1.807, 2.05) is 0 Å². The summed E-state index contributed by atoms with van der Waals surface area (Å²) >= 11 is 5.93. The van der Waals surface area contributed by atoms with Gasteiger partial charge < -0.3 is 14.5 Å². The maximum Gasteiger partial charge on any atom is 0.260 e. The molecule has 5 heteroatoms. The van der Waals surface area contributed by atoms with Gasteiger partial charge in [0.15, 0.2) is 6.73 Å². The summed E-state index contributed by atoms with van der Waals surface area (Å²) in [6.45, 7) is 8.06. The van der Waals surface area contributed by atoms with Crippen molar-refractivity contribution >= 4 is 17.5 Å². The van der Waals surface area contributed by atoms with Crippen LogP contribution in [0.3, 0.4) is 0 Å². The van der Waals surface area contributed by atoms with Crippen LogP contribution in [0.1, 0.15) is 24.2 Å². The molecule has 1 aliphatic rings. The Kier molecular flexibility index (Phi) is 4.66. The number of halogens is 1. The average molecular weight is 283 g/mol. The number of benzene rings is 1. The van der Waals surface area contributed by atoms with Gasteiger partial charge in [-0.1, -0.05) is 25.4 Å². The molecule has 0 radical (unpaired) electrons. The van der Waals surface area contributed by atoms with E-state index in [-0.39, 0.29) is 5.91 Å². The number of nitrogens with zero attached hydrogens (tertiary/aromatic N) is 2. The topological polar surface area (TPSA) is 32.8 Å². The van der Waals surface area contributed by atoms with Crippen LogP contribution in [0.2, 0.25) is 5.02 Å². The Morgan fingerprint density at radius 3 is 2.79 bits per heavy atom. The minimum Gasteiger partial charge on any atom is -0.472 e. The number of rotatable bonds is 5. The van der Waals surface area contributed by atoms with Gasteiger partial charge in [-0.2, -0.15) is 0 Å². The smallest absolute Gasteiger partial charge is 0.260 e. The van der Waals surface area contributed by atoms with E-state index in [4.69, 9.17) is 16.3 Å². The highest BCUT2D eigenvalue weighted by Crippen LogP contribution is 2.27. The molecular weight excluding hydrogens is 264 g/mol. The number of hydrogen-bond acceptors (Lipinski definition) is 3. The van der Waals surface area contributed by atoms with Crippen molar-refractivity contribution in [3.63, 3.8) is 0 Å². The summed E-state index contributed by atoms with van der Waals surface area (Å²) < 4.78 is 5.59. The maximum atomic E-state index is 12.3. The number of carbonyl (C=O) groups excluding carboxylic acids is 1. The fraction of sp³-hybridized carbons (Fsp3) is 0.500. The Hall–Kier alpha value is -1.26. The Balaban J connectivity index is 2.04. The summed E-state index contributed by atoms with van der Waals surface area (Å²) in [6.07, 6.45) is 0. The lowest BCUT2D eigenvalue weighted by atomic mass is 10.1. The third-order valence-corrected chi connectivity index (χ3v) is 3.65. The van der Waals surface area contributed by atoms with Crippen molar-refractivity contribution in [2.75, 3.05) is 32.9 Å². The van der Waals surface area contributed by atoms with E-state index in [0.29, 0.717) is 29.6 Å². The molecule has 1 amide bonds. The van der Waals surface area contributed by atoms with Crippen molar-refractivity contribution in [3.05, 3.63) is 28.8 Å². The van der Waals surface area contributed by atoms with Crippen molar-refractivity contribution in [3.8, 4) is 5.75 Å². The first-order valence-corrected chi connectivity index (χ1v) is 6.97. The Morgan fingerprint density at radius 1 is 1.37 bits per heavy atom. The van der Waals surface area contributed by atoms with Gasteiger partial charge in [-0.15, -0.1) is 0 Å². The van der Waals surface area contributed by atoms with E-state index in [1.54, 1.807) is 23.1 Å². The normalized spacial score (nSPS) is 14.5. The number of likely N-dealkylation sites (N-methyl/N-ethyl adjacent to an activating group) is 1. The molecule has 104 valence electrons. The van der Waals surface area contributed by atoms with E-state index < -0.39 is 0 Å². The van der Waals surface area contributed by atoms with Crippen LogP contribution in [0, 0.1) is 0 Å². The fourth-order valence-electron chi connectivity index (χ4n) is 2.14. The minimum absolute atomic E-state index is 0.00379. The quantitative estimate of drug-likeness (QED) is 0.832. The third kappa shape index (κ3) is 3.19.